The minimum Gasteiger partial charge on any atom is -0.444 e. The Morgan fingerprint density at radius 1 is 1.45 bits per heavy atom. The maximum Gasteiger partial charge on any atom is 0.410 e. The number of rotatable bonds is 3. The SMILES string of the molecule is C=C(Br)S(=O)(=O)N1CCN(C(=O)OC(C)(C)C)CC1CC#N. The van der Waals surface area contributed by atoms with Crippen molar-refractivity contribution in [3.63, 3.8) is 0 Å². The Hall–Kier alpha value is -1.11. The van der Waals surface area contributed by atoms with Gasteiger partial charge in [0.1, 0.15) is 9.42 Å². The van der Waals surface area contributed by atoms with Gasteiger partial charge in [-0.3, -0.25) is 0 Å². The average Bonchev–Trinajstić information content (AvgIpc) is 2.36. The molecule has 0 aromatic rings. The van der Waals surface area contributed by atoms with Crippen LogP contribution in [0.3, 0.4) is 0 Å². The summed E-state index contributed by atoms with van der Waals surface area (Å²) in [7, 11) is -3.73. The summed E-state index contributed by atoms with van der Waals surface area (Å²) in [4.78, 5) is 13.5. The van der Waals surface area contributed by atoms with Crippen molar-refractivity contribution in [2.45, 2.75) is 38.8 Å². The van der Waals surface area contributed by atoms with Gasteiger partial charge in [0.2, 0.25) is 10.0 Å². The standard InChI is InChI=1S/C13H20BrN3O4S/c1-10(14)22(19,20)17-8-7-16(9-11(17)5-6-15)12(18)21-13(2,3)4/h11H,1,5,7-9H2,2-4H3. The van der Waals surface area contributed by atoms with Crippen LogP contribution in [0, 0.1) is 11.3 Å². The molecule has 1 saturated heterocycles. The molecule has 1 aliphatic heterocycles. The summed E-state index contributed by atoms with van der Waals surface area (Å²) in [6, 6.07) is 1.34. The summed E-state index contributed by atoms with van der Waals surface area (Å²) in [5.74, 6) is 0. The third-order valence-electron chi connectivity index (χ3n) is 3.00. The van der Waals surface area contributed by atoms with Gasteiger partial charge in [-0.05, 0) is 36.7 Å². The van der Waals surface area contributed by atoms with E-state index in [-0.39, 0.29) is 29.9 Å². The summed E-state index contributed by atoms with van der Waals surface area (Å²) in [5.41, 5.74) is -0.630. The largest absolute Gasteiger partial charge is 0.444 e. The van der Waals surface area contributed by atoms with Crippen LogP contribution in [0.15, 0.2) is 10.4 Å². The van der Waals surface area contributed by atoms with Crippen LogP contribution in [0.1, 0.15) is 27.2 Å². The van der Waals surface area contributed by atoms with Crippen LogP contribution >= 0.6 is 15.9 Å². The number of halogens is 1. The number of carbonyl (C=O) groups excluding carboxylic acids is 1. The molecule has 7 nitrogen and oxygen atoms in total. The van der Waals surface area contributed by atoms with Crippen molar-refractivity contribution < 1.29 is 17.9 Å². The Kier molecular flexibility index (Phi) is 6.01. The van der Waals surface area contributed by atoms with E-state index in [2.05, 4.69) is 22.5 Å². The molecule has 1 rings (SSSR count). The molecule has 1 fully saturated rings. The first-order valence-corrected chi connectivity index (χ1v) is 8.93. The molecule has 1 heterocycles. The maximum atomic E-state index is 12.2. The molecule has 0 bridgehead atoms. The van der Waals surface area contributed by atoms with Crippen LogP contribution in [-0.2, 0) is 14.8 Å². The van der Waals surface area contributed by atoms with Crippen molar-refractivity contribution in [3.8, 4) is 6.07 Å². The molecular weight excluding hydrogens is 374 g/mol. The topological polar surface area (TPSA) is 90.7 Å². The van der Waals surface area contributed by atoms with Gasteiger partial charge in [-0.25, -0.2) is 13.2 Å². The van der Waals surface area contributed by atoms with E-state index in [9.17, 15) is 13.2 Å². The van der Waals surface area contributed by atoms with Gasteiger partial charge < -0.3 is 9.64 Å². The highest BCUT2D eigenvalue weighted by molar-refractivity contribution is 9.13. The van der Waals surface area contributed by atoms with Gasteiger partial charge in [0.05, 0.1) is 18.5 Å². The average molecular weight is 394 g/mol. The first kappa shape index (κ1) is 18.9. The van der Waals surface area contributed by atoms with E-state index in [0.717, 1.165) is 0 Å². The molecule has 0 N–H and O–H groups in total. The molecule has 0 aliphatic carbocycles. The molecule has 124 valence electrons. The number of sulfonamides is 1. The van der Waals surface area contributed by atoms with Gasteiger partial charge >= 0.3 is 6.09 Å². The summed E-state index contributed by atoms with van der Waals surface area (Å²) < 4.78 is 30.7. The fraction of sp³-hybridized carbons (Fsp3) is 0.692. The number of nitriles is 1. The third-order valence-corrected chi connectivity index (χ3v) is 5.88. The van der Waals surface area contributed by atoms with Crippen molar-refractivity contribution in [1.29, 1.82) is 5.26 Å². The lowest BCUT2D eigenvalue weighted by molar-refractivity contribution is 0.0136. The van der Waals surface area contributed by atoms with E-state index in [1.54, 1.807) is 20.8 Å². The van der Waals surface area contributed by atoms with Crippen molar-refractivity contribution in [3.05, 3.63) is 10.4 Å². The Morgan fingerprint density at radius 2 is 2.05 bits per heavy atom. The predicted molar refractivity (Wildman–Crippen MR) is 85.5 cm³/mol. The molecule has 1 unspecified atom stereocenters. The number of piperazine rings is 1. The van der Waals surface area contributed by atoms with E-state index < -0.39 is 27.8 Å². The van der Waals surface area contributed by atoms with E-state index in [1.165, 1.54) is 9.21 Å². The van der Waals surface area contributed by atoms with Gasteiger partial charge in [0.15, 0.2) is 0 Å². The highest BCUT2D eigenvalue weighted by Gasteiger charge is 2.38. The summed E-state index contributed by atoms with van der Waals surface area (Å²) in [6.07, 6.45) is -0.524. The van der Waals surface area contributed by atoms with E-state index >= 15 is 0 Å². The normalized spacial score (nSPS) is 20.3. The lowest BCUT2D eigenvalue weighted by Crippen LogP contribution is -2.56. The molecular formula is C13H20BrN3O4S. The van der Waals surface area contributed by atoms with Crippen LogP contribution < -0.4 is 0 Å². The zero-order valence-corrected chi connectivity index (χ0v) is 15.3. The second kappa shape index (κ2) is 6.98. The Balaban J connectivity index is 2.91. The highest BCUT2D eigenvalue weighted by atomic mass is 79.9. The van der Waals surface area contributed by atoms with Crippen LogP contribution in [0.2, 0.25) is 0 Å². The predicted octanol–water partition coefficient (Wildman–Crippen LogP) is 2.02. The molecule has 0 aromatic carbocycles. The number of nitrogens with zero attached hydrogens (tertiary/aromatic N) is 3. The minimum absolute atomic E-state index is 0.0151. The fourth-order valence-corrected chi connectivity index (χ4v) is 3.71. The summed E-state index contributed by atoms with van der Waals surface area (Å²) in [6.45, 7) is 9.08. The zero-order valence-electron chi connectivity index (χ0n) is 12.9. The molecule has 9 heteroatoms. The maximum absolute atomic E-state index is 12.2. The molecule has 1 aliphatic rings. The first-order chi connectivity index (χ1) is 9.99. The molecule has 1 atom stereocenters. The number of hydrogen-bond acceptors (Lipinski definition) is 5. The minimum atomic E-state index is -3.73. The number of hydrogen-bond donors (Lipinski definition) is 0. The van der Waals surface area contributed by atoms with Gasteiger partial charge in [-0.1, -0.05) is 6.58 Å². The van der Waals surface area contributed by atoms with Gasteiger partial charge in [-0.2, -0.15) is 9.57 Å². The van der Waals surface area contributed by atoms with Crippen LogP contribution in [-0.4, -0.2) is 55.0 Å². The van der Waals surface area contributed by atoms with Crippen molar-refractivity contribution >= 4 is 32.0 Å². The smallest absolute Gasteiger partial charge is 0.410 e. The Bertz CT molecular complexity index is 591. The zero-order chi connectivity index (χ0) is 17.1. The highest BCUT2D eigenvalue weighted by Crippen LogP contribution is 2.25. The fourth-order valence-electron chi connectivity index (χ4n) is 2.05. The number of amides is 1. The summed E-state index contributed by atoms with van der Waals surface area (Å²) in [5, 5.41) is 8.91. The van der Waals surface area contributed by atoms with Crippen LogP contribution in [0.4, 0.5) is 4.79 Å². The number of ether oxygens (including phenoxy) is 1. The molecule has 0 saturated carbocycles. The quantitative estimate of drug-likeness (QED) is 0.731. The Labute approximate surface area is 139 Å². The van der Waals surface area contributed by atoms with Crippen molar-refractivity contribution in [1.82, 2.24) is 9.21 Å². The van der Waals surface area contributed by atoms with Crippen molar-refractivity contribution in [2.75, 3.05) is 19.6 Å². The monoisotopic (exact) mass is 393 g/mol. The van der Waals surface area contributed by atoms with Crippen LogP contribution in [0.25, 0.3) is 0 Å². The lowest BCUT2D eigenvalue weighted by atomic mass is 10.1. The molecule has 0 spiro atoms. The summed E-state index contributed by atoms with van der Waals surface area (Å²) >= 11 is 2.88. The second-order valence-corrected chi connectivity index (χ2v) is 9.31. The van der Waals surface area contributed by atoms with Gasteiger partial charge in [0.25, 0.3) is 0 Å². The van der Waals surface area contributed by atoms with Gasteiger partial charge in [0, 0.05) is 19.6 Å². The third kappa shape index (κ3) is 4.69. The second-order valence-electron chi connectivity index (χ2n) is 5.91. The van der Waals surface area contributed by atoms with Crippen molar-refractivity contribution in [2.24, 2.45) is 0 Å². The van der Waals surface area contributed by atoms with E-state index in [1.807, 2.05) is 6.07 Å². The molecule has 22 heavy (non-hydrogen) atoms. The Morgan fingerprint density at radius 3 is 2.50 bits per heavy atom. The van der Waals surface area contributed by atoms with E-state index in [0.29, 0.717) is 0 Å². The molecule has 1 amide bonds. The molecule has 0 radical (unpaired) electrons. The van der Waals surface area contributed by atoms with Gasteiger partial charge in [-0.15, -0.1) is 0 Å². The van der Waals surface area contributed by atoms with Crippen LogP contribution in [0.5, 0.6) is 0 Å². The number of carbonyl (C=O) groups is 1. The van der Waals surface area contributed by atoms with E-state index in [4.69, 9.17) is 10.00 Å². The lowest BCUT2D eigenvalue weighted by Gasteiger charge is -2.39. The first-order valence-electron chi connectivity index (χ1n) is 6.70. The molecule has 0 aromatic heterocycles.